The molecule has 0 saturated carbocycles. The van der Waals surface area contributed by atoms with Gasteiger partial charge in [-0.05, 0) is 18.1 Å². The van der Waals surface area contributed by atoms with E-state index >= 15 is 0 Å². The summed E-state index contributed by atoms with van der Waals surface area (Å²) in [4.78, 5) is 20.8. The fourth-order valence-corrected chi connectivity index (χ4v) is 2.24. The van der Waals surface area contributed by atoms with Crippen LogP contribution in [-0.4, -0.2) is 21.7 Å². The first-order valence-corrected chi connectivity index (χ1v) is 6.84. The fourth-order valence-electron chi connectivity index (χ4n) is 1.40. The number of carboxylic acids is 1. The number of carboxylic acid groups (broad SMARTS) is 1. The highest BCUT2D eigenvalue weighted by Crippen LogP contribution is 2.31. The highest BCUT2D eigenvalue weighted by molar-refractivity contribution is 9.12. The highest BCUT2D eigenvalue weighted by Gasteiger charge is 2.24. The highest BCUT2D eigenvalue weighted by atomic mass is 79.9. The Hall–Kier alpha value is -0.680. The van der Waals surface area contributed by atoms with Crippen LogP contribution in [0.15, 0.2) is 24.3 Å². The normalized spacial score (nSPS) is 14.1. The zero-order chi connectivity index (χ0) is 13.0. The quantitative estimate of drug-likeness (QED) is 0.818. The Kier molecular flexibility index (Phi) is 5.33. The van der Waals surface area contributed by atoms with Crippen molar-refractivity contribution in [2.24, 2.45) is 0 Å². The molecule has 0 bridgehead atoms. The Morgan fingerprint density at radius 1 is 1.24 bits per heavy atom. The number of aliphatic carboxylic acids is 1. The molecular weight excluding hydrogens is 352 g/mol. The zero-order valence-electron chi connectivity index (χ0n) is 9.19. The van der Waals surface area contributed by atoms with Crippen molar-refractivity contribution in [3.8, 4) is 0 Å². The number of carbonyl (C=O) groups excluding carboxylic acids is 1. The van der Waals surface area contributed by atoms with Gasteiger partial charge < -0.3 is 5.11 Å². The predicted molar refractivity (Wildman–Crippen MR) is 72.8 cm³/mol. The molecule has 1 aromatic carbocycles. The first-order chi connectivity index (χ1) is 7.91. The van der Waals surface area contributed by atoms with Gasteiger partial charge in [0.15, 0.2) is 0 Å². The van der Waals surface area contributed by atoms with Crippen LogP contribution in [0.1, 0.15) is 22.9 Å². The molecule has 0 aromatic heterocycles. The minimum absolute atomic E-state index is 0.108. The number of halogens is 2. The number of hydrogen-bond donors (Lipinski definition) is 1. The molecule has 0 amide bonds. The van der Waals surface area contributed by atoms with Gasteiger partial charge in [0.25, 0.3) is 0 Å². The van der Waals surface area contributed by atoms with E-state index < -0.39 is 10.8 Å². The van der Waals surface area contributed by atoms with Crippen molar-refractivity contribution >= 4 is 43.6 Å². The summed E-state index contributed by atoms with van der Waals surface area (Å²) in [7, 11) is 0. The maximum atomic E-state index is 10.9. The van der Waals surface area contributed by atoms with Gasteiger partial charge in [0.2, 0.25) is 0 Å². The van der Waals surface area contributed by atoms with Gasteiger partial charge in [0, 0.05) is 6.42 Å². The molecule has 0 heterocycles. The average Bonchev–Trinajstić information content (AvgIpc) is 2.27. The lowest BCUT2D eigenvalue weighted by atomic mass is 10.0. The summed E-state index contributed by atoms with van der Waals surface area (Å²) in [6.45, 7) is 1.54. The monoisotopic (exact) mass is 362 g/mol. The van der Waals surface area contributed by atoms with Gasteiger partial charge in [-0.15, -0.1) is 0 Å². The molecule has 5 heteroatoms. The Bertz CT molecular complexity index is 414. The summed E-state index contributed by atoms with van der Waals surface area (Å²) < 4.78 is 0. The average molecular weight is 364 g/mol. The minimum atomic E-state index is -0.917. The molecule has 0 spiro atoms. The van der Waals surface area contributed by atoms with E-state index in [0.29, 0.717) is 6.42 Å². The Labute approximate surface area is 116 Å². The van der Waals surface area contributed by atoms with Crippen LogP contribution >= 0.6 is 31.9 Å². The van der Waals surface area contributed by atoms with Crippen LogP contribution in [0.5, 0.6) is 0 Å². The van der Waals surface area contributed by atoms with Gasteiger partial charge in [-0.2, -0.15) is 0 Å². The first kappa shape index (κ1) is 14.4. The summed E-state index contributed by atoms with van der Waals surface area (Å²) in [5.74, 6) is -0.809. The topological polar surface area (TPSA) is 54.4 Å². The fraction of sp³-hybridized carbons (Fsp3) is 0.333. The zero-order valence-corrected chi connectivity index (χ0v) is 12.4. The van der Waals surface area contributed by atoms with Crippen LogP contribution in [0, 0.1) is 0 Å². The van der Waals surface area contributed by atoms with Gasteiger partial charge in [0.1, 0.15) is 10.6 Å². The van der Waals surface area contributed by atoms with Crippen molar-refractivity contribution < 1.29 is 14.7 Å². The van der Waals surface area contributed by atoms with Gasteiger partial charge in [-0.25, -0.2) is 0 Å². The Morgan fingerprint density at radius 3 is 2.18 bits per heavy atom. The third-order valence-corrected chi connectivity index (χ3v) is 4.93. The molecule has 1 aromatic rings. The van der Waals surface area contributed by atoms with Gasteiger partial charge in [-0.1, -0.05) is 56.1 Å². The molecule has 2 unspecified atom stereocenters. The van der Waals surface area contributed by atoms with Crippen molar-refractivity contribution in [3.05, 3.63) is 35.4 Å². The Balaban J connectivity index is 2.80. The van der Waals surface area contributed by atoms with Gasteiger partial charge in [0.05, 0.1) is 4.83 Å². The van der Waals surface area contributed by atoms with Crippen molar-refractivity contribution in [3.63, 3.8) is 0 Å². The number of Topliss-reactive ketones (excluding diaryl/α,β-unsaturated/α-hetero) is 1. The SMILES string of the molecule is CC(=O)Cc1ccc(C(Br)C(Br)C(=O)O)cc1. The minimum Gasteiger partial charge on any atom is -0.480 e. The third-order valence-electron chi connectivity index (χ3n) is 2.24. The van der Waals surface area contributed by atoms with Crippen LogP contribution in [0.2, 0.25) is 0 Å². The van der Waals surface area contributed by atoms with Crippen LogP contribution in [0.4, 0.5) is 0 Å². The lowest BCUT2D eigenvalue weighted by Gasteiger charge is -2.13. The van der Waals surface area contributed by atoms with Crippen LogP contribution in [0.25, 0.3) is 0 Å². The number of hydrogen-bond acceptors (Lipinski definition) is 2. The van der Waals surface area contributed by atoms with E-state index in [1.165, 1.54) is 0 Å². The first-order valence-electron chi connectivity index (χ1n) is 5.01. The van der Waals surface area contributed by atoms with Gasteiger partial charge >= 0.3 is 5.97 Å². The lowest BCUT2D eigenvalue weighted by molar-refractivity contribution is -0.136. The number of carbonyl (C=O) groups is 2. The molecule has 0 radical (unpaired) electrons. The standard InChI is InChI=1S/C12H12Br2O3/c1-7(15)6-8-2-4-9(5-3-8)10(13)11(14)12(16)17/h2-5,10-11H,6H2,1H3,(H,16,17). The van der Waals surface area contributed by atoms with E-state index in [1.54, 1.807) is 6.92 Å². The largest absolute Gasteiger partial charge is 0.480 e. The molecule has 1 rings (SSSR count). The maximum absolute atomic E-state index is 10.9. The summed E-state index contributed by atoms with van der Waals surface area (Å²) >= 11 is 6.44. The van der Waals surface area contributed by atoms with E-state index in [2.05, 4.69) is 31.9 Å². The molecule has 0 fully saturated rings. The molecule has 1 N–H and O–H groups in total. The summed E-state index contributed by atoms with van der Waals surface area (Å²) in [6.07, 6.45) is 0.407. The van der Waals surface area contributed by atoms with Crippen molar-refractivity contribution in [1.82, 2.24) is 0 Å². The molecule has 17 heavy (non-hydrogen) atoms. The molecule has 0 aliphatic carbocycles. The lowest BCUT2D eigenvalue weighted by Crippen LogP contribution is -2.17. The number of ketones is 1. The number of alkyl halides is 2. The van der Waals surface area contributed by atoms with E-state index in [1.807, 2.05) is 24.3 Å². The van der Waals surface area contributed by atoms with E-state index in [-0.39, 0.29) is 10.6 Å². The van der Waals surface area contributed by atoms with Crippen LogP contribution < -0.4 is 0 Å². The summed E-state index contributed by atoms with van der Waals surface area (Å²) in [5, 5.41) is 8.87. The molecule has 0 aliphatic heterocycles. The second kappa shape index (κ2) is 6.31. The van der Waals surface area contributed by atoms with E-state index in [4.69, 9.17) is 5.11 Å². The molecule has 3 nitrogen and oxygen atoms in total. The molecule has 0 saturated heterocycles. The molecule has 2 atom stereocenters. The predicted octanol–water partition coefficient (Wildman–Crippen LogP) is 3.10. The van der Waals surface area contributed by atoms with Crippen molar-refractivity contribution in [2.75, 3.05) is 0 Å². The summed E-state index contributed by atoms with van der Waals surface area (Å²) in [5.41, 5.74) is 1.80. The second-order valence-electron chi connectivity index (χ2n) is 3.76. The van der Waals surface area contributed by atoms with Gasteiger partial charge in [-0.3, -0.25) is 9.59 Å². The van der Waals surface area contributed by atoms with Crippen LogP contribution in [-0.2, 0) is 16.0 Å². The van der Waals surface area contributed by atoms with E-state index in [9.17, 15) is 9.59 Å². The molecular formula is C12H12Br2O3. The van der Waals surface area contributed by atoms with Crippen LogP contribution in [0.3, 0.4) is 0 Å². The second-order valence-corrected chi connectivity index (χ2v) is 5.74. The molecule has 0 aliphatic rings. The van der Waals surface area contributed by atoms with Crippen molar-refractivity contribution in [1.29, 1.82) is 0 Å². The number of rotatable bonds is 5. The third kappa shape index (κ3) is 4.24. The Morgan fingerprint density at radius 2 is 1.76 bits per heavy atom. The number of benzene rings is 1. The smallest absolute Gasteiger partial charge is 0.318 e. The maximum Gasteiger partial charge on any atom is 0.318 e. The van der Waals surface area contributed by atoms with Crippen molar-refractivity contribution in [2.45, 2.75) is 23.0 Å². The summed E-state index contributed by atoms with van der Waals surface area (Å²) in [6, 6.07) is 7.34. The molecule has 92 valence electrons. The van der Waals surface area contributed by atoms with E-state index in [0.717, 1.165) is 11.1 Å².